The van der Waals surface area contributed by atoms with E-state index in [1.165, 1.54) is 20.4 Å². The Balaban J connectivity index is 1.94. The highest BCUT2D eigenvalue weighted by atomic mass is 32.2. The summed E-state index contributed by atoms with van der Waals surface area (Å²) in [6.45, 7) is 3.72. The van der Waals surface area contributed by atoms with E-state index >= 15 is 0 Å². The predicted octanol–water partition coefficient (Wildman–Crippen LogP) is 4.61. The molecule has 2 aromatic rings. The maximum absolute atomic E-state index is 13.7. The summed E-state index contributed by atoms with van der Waals surface area (Å²) in [6.07, 6.45) is 3.11. The summed E-state index contributed by atoms with van der Waals surface area (Å²) >= 11 is 8.17. The number of anilines is 1. The monoisotopic (exact) mass is 542 g/mol. The van der Waals surface area contributed by atoms with Crippen molar-refractivity contribution in [3.8, 4) is 5.75 Å². The second-order valence-electron chi connectivity index (χ2n) is 8.16. The Labute approximate surface area is 222 Å². The third kappa shape index (κ3) is 4.31. The number of methoxy groups -OCH3 is 3. The van der Waals surface area contributed by atoms with E-state index in [1.807, 2.05) is 13.8 Å². The quantitative estimate of drug-likeness (QED) is 0.310. The van der Waals surface area contributed by atoms with Crippen molar-refractivity contribution in [1.82, 2.24) is 4.98 Å². The van der Waals surface area contributed by atoms with E-state index in [0.29, 0.717) is 37.2 Å². The fourth-order valence-corrected chi connectivity index (χ4v) is 6.94. The topological polar surface area (TPSA) is 95.0 Å². The summed E-state index contributed by atoms with van der Waals surface area (Å²) in [4.78, 5) is 45.1. The molecule has 0 atom stereocenters. The third-order valence-electron chi connectivity index (χ3n) is 5.71. The minimum absolute atomic E-state index is 0.121. The van der Waals surface area contributed by atoms with Crippen molar-refractivity contribution in [1.29, 1.82) is 0 Å². The molecule has 2 aliphatic heterocycles. The molecule has 186 valence electrons. The van der Waals surface area contributed by atoms with Crippen LogP contribution in [0.4, 0.5) is 5.69 Å². The zero-order valence-electron chi connectivity index (χ0n) is 20.1. The number of aromatic nitrogens is 1. The van der Waals surface area contributed by atoms with Crippen LogP contribution < -0.4 is 9.64 Å². The Morgan fingerprint density at radius 1 is 1.00 bits per heavy atom. The Kier molecular flexibility index (Phi) is 7.26. The van der Waals surface area contributed by atoms with Crippen molar-refractivity contribution < 1.29 is 28.6 Å². The van der Waals surface area contributed by atoms with Crippen LogP contribution in [0.5, 0.6) is 5.75 Å². The number of thioether (sulfide) groups is 2. The number of thiocarbonyl (C=S) groups is 1. The lowest BCUT2D eigenvalue weighted by molar-refractivity contribution is -0.138. The van der Waals surface area contributed by atoms with Crippen LogP contribution in [0.2, 0.25) is 0 Å². The minimum Gasteiger partial charge on any atom is -0.497 e. The molecule has 8 nitrogen and oxygen atoms in total. The van der Waals surface area contributed by atoms with Gasteiger partial charge in [0.2, 0.25) is 0 Å². The van der Waals surface area contributed by atoms with E-state index < -0.39 is 17.5 Å². The summed E-state index contributed by atoms with van der Waals surface area (Å²) in [6, 6.07) is 8.75. The fourth-order valence-electron chi connectivity index (χ4n) is 3.91. The van der Waals surface area contributed by atoms with Crippen molar-refractivity contribution >= 4 is 69.7 Å². The van der Waals surface area contributed by atoms with Crippen LogP contribution in [0.15, 0.2) is 56.8 Å². The molecule has 0 saturated carbocycles. The summed E-state index contributed by atoms with van der Waals surface area (Å²) in [5.41, 5.74) is 1.36. The normalized spacial score (nSPS) is 16.6. The van der Waals surface area contributed by atoms with Crippen molar-refractivity contribution in [2.45, 2.75) is 19.4 Å². The molecule has 3 heterocycles. The SMILES string of the molecule is COC(=O)C1=C(C(=O)OC)SC(=C2C(=S)C(C)(C)N(C(=O)c3cccnc3)c3ccc(OC)cc32)S1. The lowest BCUT2D eigenvalue weighted by Crippen LogP contribution is -2.56. The second kappa shape index (κ2) is 10.1. The van der Waals surface area contributed by atoms with Crippen molar-refractivity contribution in [3.05, 3.63) is 67.9 Å². The van der Waals surface area contributed by atoms with E-state index in [2.05, 4.69) is 4.98 Å². The van der Waals surface area contributed by atoms with Gasteiger partial charge in [0.05, 0.1) is 47.2 Å². The maximum atomic E-state index is 13.7. The highest BCUT2D eigenvalue weighted by Crippen LogP contribution is 2.56. The first-order valence-electron chi connectivity index (χ1n) is 10.6. The van der Waals surface area contributed by atoms with Gasteiger partial charge in [0.25, 0.3) is 5.91 Å². The Morgan fingerprint density at radius 2 is 1.64 bits per heavy atom. The molecular weight excluding hydrogens is 520 g/mol. The molecule has 0 radical (unpaired) electrons. The number of pyridine rings is 1. The van der Waals surface area contributed by atoms with Gasteiger partial charge in [-0.15, -0.1) is 0 Å². The average Bonchev–Trinajstić information content (AvgIpc) is 3.33. The molecule has 0 unspecified atom stereocenters. The Hall–Kier alpha value is -3.15. The van der Waals surface area contributed by atoms with Crippen molar-refractivity contribution in [3.63, 3.8) is 0 Å². The molecule has 1 amide bonds. The summed E-state index contributed by atoms with van der Waals surface area (Å²) < 4.78 is 15.9. The number of carbonyl (C=O) groups is 3. The molecule has 4 rings (SSSR count). The third-order valence-corrected chi connectivity index (χ3v) is 8.97. The molecule has 0 bridgehead atoms. The van der Waals surface area contributed by atoms with Gasteiger partial charge in [0.15, 0.2) is 0 Å². The number of fused-ring (bicyclic) bond motifs is 1. The first-order valence-corrected chi connectivity index (χ1v) is 12.7. The van der Waals surface area contributed by atoms with Gasteiger partial charge < -0.3 is 14.2 Å². The van der Waals surface area contributed by atoms with E-state index in [4.69, 9.17) is 26.4 Å². The van der Waals surface area contributed by atoms with Crippen LogP contribution in [0, 0.1) is 0 Å². The molecule has 11 heteroatoms. The van der Waals surface area contributed by atoms with Gasteiger partial charge >= 0.3 is 11.9 Å². The molecule has 1 aromatic carbocycles. The summed E-state index contributed by atoms with van der Waals surface area (Å²) in [5, 5.41) is 0. The number of hydrogen-bond acceptors (Lipinski definition) is 10. The predicted molar refractivity (Wildman–Crippen MR) is 144 cm³/mol. The van der Waals surface area contributed by atoms with Crippen molar-refractivity contribution in [2.24, 2.45) is 0 Å². The van der Waals surface area contributed by atoms with Gasteiger partial charge in [0.1, 0.15) is 15.6 Å². The molecule has 1 aromatic heterocycles. The lowest BCUT2D eigenvalue weighted by atomic mass is 9.83. The standard InChI is InChI=1S/C25H22N2O6S3/c1-25(2)20(34)17(24-35-18(22(29)32-4)19(36-24)23(30)33-5)15-11-14(31-3)8-9-16(15)27(25)21(28)13-7-6-10-26-12-13/h6-12H,1-5H3. The van der Waals surface area contributed by atoms with E-state index in [0.717, 1.165) is 23.5 Å². The van der Waals surface area contributed by atoms with Gasteiger partial charge in [-0.3, -0.25) is 14.7 Å². The highest BCUT2D eigenvalue weighted by Gasteiger charge is 2.46. The number of carbonyl (C=O) groups excluding carboxylic acids is 3. The van der Waals surface area contributed by atoms with Gasteiger partial charge in [-0.2, -0.15) is 0 Å². The van der Waals surface area contributed by atoms with Gasteiger partial charge in [-0.05, 0) is 44.2 Å². The molecule has 0 spiro atoms. The average molecular weight is 543 g/mol. The van der Waals surface area contributed by atoms with E-state index in [-0.39, 0.29) is 15.7 Å². The van der Waals surface area contributed by atoms with Gasteiger partial charge in [-0.25, -0.2) is 9.59 Å². The molecular formula is C25H22N2O6S3. The molecule has 0 N–H and O–H groups in total. The van der Waals surface area contributed by atoms with Crippen LogP contribution in [0.1, 0.15) is 29.8 Å². The maximum Gasteiger partial charge on any atom is 0.346 e. The number of ether oxygens (including phenoxy) is 3. The van der Waals surface area contributed by atoms with Gasteiger partial charge in [0, 0.05) is 23.5 Å². The molecule has 0 saturated heterocycles. The first kappa shape index (κ1) is 25.9. The van der Waals surface area contributed by atoms with Crippen LogP contribution in [-0.4, -0.2) is 54.6 Å². The highest BCUT2D eigenvalue weighted by molar-refractivity contribution is 8.29. The van der Waals surface area contributed by atoms with Gasteiger partial charge in [-0.1, -0.05) is 35.7 Å². The zero-order valence-corrected chi connectivity index (χ0v) is 22.6. The van der Waals surface area contributed by atoms with E-state index in [1.54, 1.807) is 48.5 Å². The number of rotatable bonds is 4. The minimum atomic E-state index is -0.938. The van der Waals surface area contributed by atoms with E-state index in [9.17, 15) is 14.4 Å². The Bertz CT molecular complexity index is 1320. The lowest BCUT2D eigenvalue weighted by Gasteiger charge is -2.45. The summed E-state index contributed by atoms with van der Waals surface area (Å²) in [5.74, 6) is -1.00. The number of esters is 2. The van der Waals surface area contributed by atoms with Crippen molar-refractivity contribution in [2.75, 3.05) is 26.2 Å². The number of hydrogen-bond donors (Lipinski definition) is 0. The van der Waals surface area contributed by atoms with Crippen LogP contribution in [0.25, 0.3) is 5.57 Å². The summed E-state index contributed by atoms with van der Waals surface area (Å²) in [7, 11) is 4.04. The molecule has 0 aliphatic carbocycles. The molecule has 2 aliphatic rings. The molecule has 0 fully saturated rings. The second-order valence-corrected chi connectivity index (χ2v) is 10.9. The first-order chi connectivity index (χ1) is 17.1. The van der Waals surface area contributed by atoms with Crippen LogP contribution in [-0.2, 0) is 19.1 Å². The number of benzene rings is 1. The Morgan fingerprint density at radius 3 is 2.17 bits per heavy atom. The number of amides is 1. The smallest absolute Gasteiger partial charge is 0.346 e. The molecule has 36 heavy (non-hydrogen) atoms. The fraction of sp³-hybridized carbons (Fsp3) is 0.240. The number of nitrogens with zero attached hydrogens (tertiary/aromatic N) is 2. The van der Waals surface area contributed by atoms with Crippen LogP contribution in [0.3, 0.4) is 0 Å². The zero-order chi connectivity index (χ0) is 26.2. The van der Waals surface area contributed by atoms with Crippen LogP contribution >= 0.6 is 35.7 Å². The largest absolute Gasteiger partial charge is 0.497 e.